The summed E-state index contributed by atoms with van der Waals surface area (Å²) in [6, 6.07) is 0.876. The number of amides is 2. The van der Waals surface area contributed by atoms with Crippen LogP contribution in [-0.4, -0.2) is 63.0 Å². The molecular weight excluding hydrogens is 377 g/mol. The van der Waals surface area contributed by atoms with Crippen molar-refractivity contribution in [3.63, 3.8) is 0 Å². The van der Waals surface area contributed by atoms with Gasteiger partial charge in [0.05, 0.1) is 11.3 Å². The van der Waals surface area contributed by atoms with E-state index in [2.05, 4.69) is 15.4 Å². The minimum absolute atomic E-state index is 0.0245. The second-order valence-corrected chi connectivity index (χ2v) is 7.11. The molecule has 2 aromatic rings. The summed E-state index contributed by atoms with van der Waals surface area (Å²) in [4.78, 5) is 31.7. The van der Waals surface area contributed by atoms with Gasteiger partial charge in [0.25, 0.3) is 5.91 Å². The number of H-pyrrole nitrogens is 1. The molecule has 5 rings (SSSR count). The first-order chi connectivity index (χ1) is 13.3. The van der Waals surface area contributed by atoms with Crippen molar-refractivity contribution in [3.8, 4) is 0 Å². The third-order valence-corrected chi connectivity index (χ3v) is 5.38. The molecule has 28 heavy (non-hydrogen) atoms. The molecular formula is C17H19F3N6O2. The molecule has 2 aromatic heterocycles. The van der Waals surface area contributed by atoms with Crippen LogP contribution < -0.4 is 11.2 Å². The summed E-state index contributed by atoms with van der Waals surface area (Å²) in [5.74, 6) is -2.45. The number of halogens is 3. The van der Waals surface area contributed by atoms with Crippen LogP contribution in [0.25, 0.3) is 11.0 Å². The van der Waals surface area contributed by atoms with Crippen molar-refractivity contribution in [3.05, 3.63) is 24.0 Å². The van der Waals surface area contributed by atoms with Gasteiger partial charge in [-0.05, 0) is 25.3 Å². The van der Waals surface area contributed by atoms with E-state index in [1.165, 1.54) is 6.20 Å². The first-order valence-corrected chi connectivity index (χ1v) is 8.92. The zero-order chi connectivity index (χ0) is 20.1. The fraction of sp³-hybridized carbons (Fsp3) is 0.471. The minimum Gasteiger partial charge on any atom is -0.365 e. The van der Waals surface area contributed by atoms with Crippen molar-refractivity contribution in [2.45, 2.75) is 37.5 Å². The summed E-state index contributed by atoms with van der Waals surface area (Å²) >= 11 is 0. The molecule has 3 aliphatic heterocycles. The van der Waals surface area contributed by atoms with Gasteiger partial charge in [-0.2, -0.15) is 13.2 Å². The highest BCUT2D eigenvalue weighted by atomic mass is 19.4. The van der Waals surface area contributed by atoms with Gasteiger partial charge in [0, 0.05) is 43.0 Å². The van der Waals surface area contributed by atoms with Crippen LogP contribution in [0.1, 0.15) is 29.6 Å². The summed E-state index contributed by atoms with van der Waals surface area (Å²) in [6.45, 7) is 0.197. The smallest absolute Gasteiger partial charge is 0.365 e. The van der Waals surface area contributed by atoms with Crippen LogP contribution in [0.5, 0.6) is 0 Å². The van der Waals surface area contributed by atoms with Crippen molar-refractivity contribution < 1.29 is 22.8 Å². The Morgan fingerprint density at radius 2 is 2.00 bits per heavy atom. The number of aromatic nitrogens is 2. The first kappa shape index (κ1) is 18.5. The van der Waals surface area contributed by atoms with Crippen LogP contribution in [0.3, 0.4) is 0 Å². The lowest BCUT2D eigenvalue weighted by Gasteiger charge is -2.44. The molecule has 3 saturated heterocycles. The molecule has 8 nitrogen and oxygen atoms in total. The van der Waals surface area contributed by atoms with E-state index < -0.39 is 24.0 Å². The fourth-order valence-electron chi connectivity index (χ4n) is 4.04. The zero-order valence-electron chi connectivity index (χ0n) is 14.8. The maximum atomic E-state index is 12.9. The van der Waals surface area contributed by atoms with E-state index in [-0.39, 0.29) is 24.7 Å². The number of hydrogen-bond donors (Lipinski definition) is 3. The Labute approximate surface area is 157 Å². The van der Waals surface area contributed by atoms with E-state index in [1.54, 1.807) is 12.3 Å². The van der Waals surface area contributed by atoms with Crippen LogP contribution in [0, 0.1) is 0 Å². The highest BCUT2D eigenvalue weighted by molar-refractivity contribution is 6.05. The normalized spacial score (nSPS) is 23.0. The molecule has 11 heteroatoms. The van der Waals surface area contributed by atoms with E-state index in [4.69, 9.17) is 5.73 Å². The molecule has 5 heterocycles. The molecule has 0 spiro atoms. The van der Waals surface area contributed by atoms with Gasteiger partial charge in [-0.1, -0.05) is 0 Å². The van der Waals surface area contributed by atoms with Crippen molar-refractivity contribution >= 4 is 28.5 Å². The third kappa shape index (κ3) is 3.15. The second kappa shape index (κ2) is 6.66. The number of primary amides is 1. The molecule has 2 bridgehead atoms. The van der Waals surface area contributed by atoms with Gasteiger partial charge < -0.3 is 21.0 Å². The zero-order valence-corrected chi connectivity index (χ0v) is 14.8. The van der Waals surface area contributed by atoms with Crippen LogP contribution >= 0.6 is 0 Å². The number of nitrogens with two attached hydrogens (primary N) is 1. The van der Waals surface area contributed by atoms with E-state index in [1.807, 2.05) is 5.01 Å². The molecule has 150 valence electrons. The lowest BCUT2D eigenvalue weighted by Crippen LogP contribution is -2.61. The number of pyridine rings is 1. The predicted octanol–water partition coefficient (Wildman–Crippen LogP) is 1.62. The van der Waals surface area contributed by atoms with Crippen molar-refractivity contribution in [1.82, 2.24) is 19.9 Å². The highest BCUT2D eigenvalue weighted by Gasteiger charge is 2.48. The monoisotopic (exact) mass is 396 g/mol. The Bertz CT molecular complexity index is 927. The summed E-state index contributed by atoms with van der Waals surface area (Å²) < 4.78 is 38.8. The summed E-state index contributed by atoms with van der Waals surface area (Å²) in [6.07, 6.45) is -0.00349. The molecule has 0 aliphatic carbocycles. The number of nitrogens with one attached hydrogen (secondary N) is 2. The van der Waals surface area contributed by atoms with Crippen LogP contribution in [0.2, 0.25) is 0 Å². The number of rotatable bonds is 3. The largest absolute Gasteiger partial charge is 0.471 e. The number of piperazine rings is 1. The summed E-state index contributed by atoms with van der Waals surface area (Å²) in [5.41, 5.74) is 9.86. The van der Waals surface area contributed by atoms with Gasteiger partial charge in [0.15, 0.2) is 0 Å². The number of fused-ring (bicyclic) bond motifs is 5. The predicted molar refractivity (Wildman–Crippen MR) is 94.1 cm³/mol. The average molecular weight is 396 g/mol. The Balaban J connectivity index is 1.64. The Kier molecular flexibility index (Phi) is 4.41. The number of nitrogens with zero attached hydrogens (tertiary/aromatic N) is 3. The Morgan fingerprint density at radius 1 is 1.25 bits per heavy atom. The molecule has 0 saturated carbocycles. The Morgan fingerprint density at radius 3 is 2.71 bits per heavy atom. The molecule has 3 fully saturated rings. The molecule has 4 N–H and O–H groups in total. The maximum absolute atomic E-state index is 12.9. The van der Waals surface area contributed by atoms with E-state index in [9.17, 15) is 22.8 Å². The molecule has 0 radical (unpaired) electrons. The number of carbonyl (C=O) groups excluding carboxylic acids is 2. The van der Waals surface area contributed by atoms with Gasteiger partial charge in [0.2, 0.25) is 0 Å². The number of hydrazine groups is 1. The van der Waals surface area contributed by atoms with Crippen molar-refractivity contribution in [2.24, 2.45) is 5.73 Å². The molecule has 0 aromatic carbocycles. The topological polar surface area (TPSA) is 107 Å². The Hall–Kier alpha value is -2.82. The second-order valence-electron chi connectivity index (χ2n) is 7.11. The van der Waals surface area contributed by atoms with Crippen LogP contribution in [0.15, 0.2) is 18.5 Å². The fourth-order valence-corrected chi connectivity index (χ4v) is 4.04. The van der Waals surface area contributed by atoms with E-state index in [0.29, 0.717) is 36.0 Å². The van der Waals surface area contributed by atoms with E-state index >= 15 is 0 Å². The lowest BCUT2D eigenvalue weighted by molar-refractivity contribution is -0.190. The van der Waals surface area contributed by atoms with Gasteiger partial charge in [0.1, 0.15) is 5.65 Å². The van der Waals surface area contributed by atoms with Gasteiger partial charge >= 0.3 is 12.1 Å². The quantitative estimate of drug-likeness (QED) is 0.731. The van der Waals surface area contributed by atoms with E-state index in [0.717, 1.165) is 4.90 Å². The SMILES string of the molecule is NC(=O)c1cnc2[nH]ccc2c1NN1CC2CCCC1CN2C(=O)C(F)(F)F. The van der Waals surface area contributed by atoms with Crippen molar-refractivity contribution in [2.75, 3.05) is 18.5 Å². The maximum Gasteiger partial charge on any atom is 0.471 e. The standard InChI is InChI=1S/C17H19F3N6O2/c18-17(19,20)16(28)25-7-10-3-1-2-9(25)8-26(10)24-13-11-4-5-22-15(11)23-6-12(13)14(21)27/h4-6,9-10H,1-3,7-8H2,(H2,21,27)(H2,22,23,24). The molecule has 2 atom stereocenters. The third-order valence-electron chi connectivity index (χ3n) is 5.38. The summed E-state index contributed by atoms with van der Waals surface area (Å²) in [7, 11) is 0. The lowest BCUT2D eigenvalue weighted by atomic mass is 10.1. The number of hydrogen-bond acceptors (Lipinski definition) is 5. The number of carbonyl (C=O) groups is 2. The van der Waals surface area contributed by atoms with Gasteiger partial charge in [-0.15, -0.1) is 0 Å². The average Bonchev–Trinajstić information content (AvgIpc) is 2.91. The molecule has 2 amide bonds. The van der Waals surface area contributed by atoms with Gasteiger partial charge in [-0.3, -0.25) is 9.59 Å². The number of anilines is 1. The highest BCUT2D eigenvalue weighted by Crippen LogP contribution is 2.33. The summed E-state index contributed by atoms with van der Waals surface area (Å²) in [5, 5.41) is 2.46. The van der Waals surface area contributed by atoms with Crippen molar-refractivity contribution in [1.29, 1.82) is 0 Å². The molecule has 3 aliphatic rings. The number of alkyl halides is 3. The van der Waals surface area contributed by atoms with Gasteiger partial charge in [-0.25, -0.2) is 9.99 Å². The first-order valence-electron chi connectivity index (χ1n) is 8.92. The van der Waals surface area contributed by atoms with Crippen LogP contribution in [0.4, 0.5) is 18.9 Å². The number of aromatic amines is 1. The minimum atomic E-state index is -4.88. The van der Waals surface area contributed by atoms with Crippen LogP contribution in [-0.2, 0) is 4.79 Å². The molecule has 2 unspecified atom stereocenters.